The number of pyridine rings is 1. The minimum Gasteiger partial charge on any atom is -0.494 e. The Hall–Kier alpha value is -4.30. The number of nitrogens with one attached hydrogen (secondary N) is 2. The second-order valence-electron chi connectivity index (χ2n) is 10.0. The number of nitrogens with zero attached hydrogens (tertiary/aromatic N) is 4. The predicted molar refractivity (Wildman–Crippen MR) is 147 cm³/mol. The summed E-state index contributed by atoms with van der Waals surface area (Å²) in [5.74, 6) is 0.274. The topological polar surface area (TPSA) is 88.9 Å². The highest BCUT2D eigenvalue weighted by molar-refractivity contribution is 5.96. The average molecular weight is 495 g/mol. The molecule has 3 aromatic heterocycles. The van der Waals surface area contributed by atoms with Gasteiger partial charge in [0.05, 0.1) is 11.4 Å². The number of hydrogen-bond acceptors (Lipinski definition) is 5. The van der Waals surface area contributed by atoms with Gasteiger partial charge in [-0.05, 0) is 81.0 Å². The zero-order valence-corrected chi connectivity index (χ0v) is 21.2. The Balaban J connectivity index is 1.26. The van der Waals surface area contributed by atoms with Crippen LogP contribution in [0.4, 0.5) is 11.4 Å². The van der Waals surface area contributed by atoms with Gasteiger partial charge in [-0.3, -0.25) is 9.20 Å². The molecule has 0 spiro atoms. The Morgan fingerprint density at radius 2 is 2.03 bits per heavy atom. The lowest BCUT2D eigenvalue weighted by molar-refractivity contribution is 0.0782. The van der Waals surface area contributed by atoms with Crippen LogP contribution in [0.25, 0.3) is 27.7 Å². The van der Waals surface area contributed by atoms with Crippen molar-refractivity contribution in [2.75, 3.05) is 32.5 Å². The Kier molecular flexibility index (Phi) is 5.61. The van der Waals surface area contributed by atoms with Crippen molar-refractivity contribution in [3.05, 3.63) is 78.2 Å². The van der Waals surface area contributed by atoms with Crippen LogP contribution in [0.15, 0.2) is 67.1 Å². The van der Waals surface area contributed by atoms with Gasteiger partial charge in [0.1, 0.15) is 0 Å². The molecule has 188 valence electrons. The second kappa shape index (κ2) is 8.97. The first-order valence-electron chi connectivity index (χ1n) is 12.5. The summed E-state index contributed by atoms with van der Waals surface area (Å²) in [5.41, 5.74) is 6.31. The van der Waals surface area contributed by atoms with Crippen molar-refractivity contribution in [2.24, 2.45) is 0 Å². The van der Waals surface area contributed by atoms with E-state index in [0.717, 1.165) is 69.7 Å². The molecule has 1 saturated heterocycles. The largest absolute Gasteiger partial charge is 0.494 e. The van der Waals surface area contributed by atoms with E-state index in [-0.39, 0.29) is 11.8 Å². The summed E-state index contributed by atoms with van der Waals surface area (Å²) in [6, 6.07) is 16.4. The van der Waals surface area contributed by atoms with E-state index < -0.39 is 0 Å². The number of anilines is 2. The summed E-state index contributed by atoms with van der Waals surface area (Å²) in [5, 5.41) is 15.2. The van der Waals surface area contributed by atoms with E-state index in [1.165, 1.54) is 0 Å². The Bertz CT molecular complexity index is 1630. The van der Waals surface area contributed by atoms with Crippen molar-refractivity contribution >= 4 is 33.7 Å². The molecule has 0 bridgehead atoms. The summed E-state index contributed by atoms with van der Waals surface area (Å²) in [4.78, 5) is 24.8. The van der Waals surface area contributed by atoms with Crippen molar-refractivity contribution in [2.45, 2.75) is 19.4 Å². The first-order valence-corrected chi connectivity index (χ1v) is 12.5. The van der Waals surface area contributed by atoms with Crippen molar-refractivity contribution in [3.8, 4) is 17.1 Å². The molecule has 1 aliphatic rings. The van der Waals surface area contributed by atoms with Crippen LogP contribution in [0.5, 0.6) is 5.88 Å². The van der Waals surface area contributed by atoms with E-state index in [9.17, 15) is 9.90 Å². The molecule has 0 radical (unpaired) electrons. The van der Waals surface area contributed by atoms with E-state index in [2.05, 4.69) is 44.7 Å². The summed E-state index contributed by atoms with van der Waals surface area (Å²) < 4.78 is 2.05. The monoisotopic (exact) mass is 494 g/mol. The lowest BCUT2D eigenvalue weighted by Gasteiger charge is -2.21. The molecule has 1 unspecified atom stereocenters. The van der Waals surface area contributed by atoms with Crippen molar-refractivity contribution in [3.63, 3.8) is 0 Å². The van der Waals surface area contributed by atoms with Gasteiger partial charge in [0.15, 0.2) is 11.5 Å². The third-order valence-corrected chi connectivity index (χ3v) is 7.43. The number of carbonyl (C=O) groups excluding carboxylic acids is 1. The number of carbonyl (C=O) groups is 1. The van der Waals surface area contributed by atoms with Crippen LogP contribution in [0.3, 0.4) is 0 Å². The van der Waals surface area contributed by atoms with Crippen LogP contribution in [-0.4, -0.2) is 68.4 Å². The second-order valence-corrected chi connectivity index (χ2v) is 10.0. The number of amides is 1. The van der Waals surface area contributed by atoms with E-state index in [0.29, 0.717) is 6.04 Å². The Labute approximate surface area is 215 Å². The SMILES string of the molecule is Cc1cc(Nc2ccc(-c3ccc4c(O)[nH]cc4c3)n3ccnc23)ccc1C(=O)N1CCC(N(C)C)C1. The number of likely N-dealkylation sites (tertiary alicyclic amines) is 1. The number of H-pyrrole nitrogens is 1. The number of imidazole rings is 1. The van der Waals surface area contributed by atoms with Crippen molar-refractivity contribution < 1.29 is 9.90 Å². The lowest BCUT2D eigenvalue weighted by atomic mass is 10.1. The number of fused-ring (bicyclic) bond motifs is 2. The van der Waals surface area contributed by atoms with Crippen LogP contribution < -0.4 is 5.32 Å². The molecule has 1 atom stereocenters. The van der Waals surface area contributed by atoms with Crippen LogP contribution in [0.1, 0.15) is 22.3 Å². The maximum Gasteiger partial charge on any atom is 0.254 e. The molecule has 1 aliphatic heterocycles. The number of aromatic amines is 1. The van der Waals surface area contributed by atoms with Gasteiger partial charge in [0.2, 0.25) is 0 Å². The molecular formula is C29H30N6O2. The highest BCUT2D eigenvalue weighted by Crippen LogP contribution is 2.32. The molecule has 0 aliphatic carbocycles. The zero-order chi connectivity index (χ0) is 25.7. The molecule has 3 N–H and O–H groups in total. The number of hydrogen-bond donors (Lipinski definition) is 3. The van der Waals surface area contributed by atoms with Gasteiger partial charge in [0, 0.05) is 59.7 Å². The summed E-state index contributed by atoms with van der Waals surface area (Å²) in [7, 11) is 4.14. The van der Waals surface area contributed by atoms with Gasteiger partial charge in [-0.25, -0.2) is 4.98 Å². The maximum absolute atomic E-state index is 13.2. The molecule has 0 saturated carbocycles. The van der Waals surface area contributed by atoms with Crippen LogP contribution >= 0.6 is 0 Å². The van der Waals surface area contributed by atoms with Gasteiger partial charge in [0.25, 0.3) is 5.91 Å². The minimum atomic E-state index is 0.0983. The Morgan fingerprint density at radius 3 is 2.81 bits per heavy atom. The van der Waals surface area contributed by atoms with Gasteiger partial charge >= 0.3 is 0 Å². The van der Waals surface area contributed by atoms with Gasteiger partial charge in [-0.15, -0.1) is 0 Å². The third-order valence-electron chi connectivity index (χ3n) is 7.43. The third kappa shape index (κ3) is 4.09. The minimum absolute atomic E-state index is 0.0983. The van der Waals surface area contributed by atoms with Crippen LogP contribution in [0, 0.1) is 6.92 Å². The first kappa shape index (κ1) is 23.1. The summed E-state index contributed by atoms with van der Waals surface area (Å²) >= 11 is 0. The number of aromatic nitrogens is 3. The predicted octanol–water partition coefficient (Wildman–Crippen LogP) is 5.02. The molecule has 8 nitrogen and oxygen atoms in total. The quantitative estimate of drug-likeness (QED) is 0.319. The first-order chi connectivity index (χ1) is 17.9. The lowest BCUT2D eigenvalue weighted by Crippen LogP contribution is -2.34. The smallest absolute Gasteiger partial charge is 0.254 e. The molecule has 5 aromatic rings. The molecular weight excluding hydrogens is 464 g/mol. The zero-order valence-electron chi connectivity index (χ0n) is 21.2. The van der Waals surface area contributed by atoms with Gasteiger partial charge in [-0.2, -0.15) is 0 Å². The molecule has 6 rings (SSSR count). The fourth-order valence-corrected chi connectivity index (χ4v) is 5.28. The number of rotatable bonds is 5. The molecule has 1 fully saturated rings. The molecule has 2 aromatic carbocycles. The molecule has 8 heteroatoms. The maximum atomic E-state index is 13.2. The standard InChI is InChI=1S/C29H30N6O2/c1-18-14-21(5-7-23(18)29(37)34-12-10-22(17-34)33(2)3)32-25-8-9-26(35-13-11-30-27(25)35)19-4-6-24-20(15-19)16-31-28(24)36/h4-9,11,13-16,22,31-32,36H,10,12,17H2,1-3H3. The fourth-order valence-electron chi connectivity index (χ4n) is 5.28. The number of aromatic hydroxyl groups is 1. The van der Waals surface area contributed by atoms with E-state index >= 15 is 0 Å². The van der Waals surface area contributed by atoms with Gasteiger partial charge < -0.3 is 25.2 Å². The van der Waals surface area contributed by atoms with E-state index in [1.807, 2.05) is 60.5 Å². The molecule has 1 amide bonds. The van der Waals surface area contributed by atoms with Crippen LogP contribution in [0.2, 0.25) is 0 Å². The fraction of sp³-hybridized carbons (Fsp3) is 0.241. The Morgan fingerprint density at radius 1 is 1.16 bits per heavy atom. The molecule has 37 heavy (non-hydrogen) atoms. The van der Waals surface area contributed by atoms with E-state index in [4.69, 9.17) is 0 Å². The van der Waals surface area contributed by atoms with Crippen molar-refractivity contribution in [1.29, 1.82) is 0 Å². The van der Waals surface area contributed by atoms with E-state index in [1.54, 1.807) is 12.4 Å². The van der Waals surface area contributed by atoms with Crippen molar-refractivity contribution in [1.82, 2.24) is 24.2 Å². The number of likely N-dealkylation sites (N-methyl/N-ethyl adjacent to an activating group) is 1. The highest BCUT2D eigenvalue weighted by Gasteiger charge is 2.28. The van der Waals surface area contributed by atoms with Gasteiger partial charge in [-0.1, -0.05) is 6.07 Å². The average Bonchev–Trinajstić information content (AvgIpc) is 3.64. The molecule has 4 heterocycles. The summed E-state index contributed by atoms with van der Waals surface area (Å²) in [6.07, 6.45) is 6.54. The normalized spacial score (nSPS) is 15.8. The highest BCUT2D eigenvalue weighted by atomic mass is 16.3. The summed E-state index contributed by atoms with van der Waals surface area (Å²) in [6.45, 7) is 3.55. The number of aryl methyl sites for hydroxylation is 1. The van der Waals surface area contributed by atoms with Crippen LogP contribution in [-0.2, 0) is 0 Å². The number of benzene rings is 2.